The van der Waals surface area contributed by atoms with Gasteiger partial charge in [0.05, 0.1) is 0 Å². The molecule has 0 amide bonds. The Morgan fingerprint density at radius 2 is 2.06 bits per heavy atom. The predicted molar refractivity (Wildman–Crippen MR) is 65.5 cm³/mol. The van der Waals surface area contributed by atoms with Gasteiger partial charge in [0, 0.05) is 10.9 Å². The molecule has 1 aromatic heterocycles. The maximum absolute atomic E-state index is 9.10. The van der Waals surface area contributed by atoms with Crippen LogP contribution in [0.3, 0.4) is 0 Å². The average molecular weight is 216 g/mol. The first-order valence-corrected chi connectivity index (χ1v) is 5.15. The molecule has 1 heterocycles. The molecule has 16 heavy (non-hydrogen) atoms. The molecular formula is C12H13BO3. The Balaban J connectivity index is 2.64. The zero-order valence-corrected chi connectivity index (χ0v) is 9.27. The van der Waals surface area contributed by atoms with Gasteiger partial charge in [0.2, 0.25) is 0 Å². The molecule has 0 saturated carbocycles. The number of hydrogen-bond acceptors (Lipinski definition) is 3. The molecule has 4 heteroatoms. The topological polar surface area (TPSA) is 53.6 Å². The molecule has 0 bridgehead atoms. The van der Waals surface area contributed by atoms with E-state index in [1.807, 2.05) is 26.0 Å². The standard InChI is InChI=1S/C12H13BO3/c1-3-4-11-8(2)10-7-9(13(14)15)5-6-12(10)16-11/h3-7,14-15H,1-2H3/b4-3-. The summed E-state index contributed by atoms with van der Waals surface area (Å²) in [6, 6.07) is 5.14. The molecule has 0 aliphatic rings. The van der Waals surface area contributed by atoms with Crippen molar-refractivity contribution >= 4 is 29.6 Å². The van der Waals surface area contributed by atoms with Gasteiger partial charge < -0.3 is 14.5 Å². The fraction of sp³-hybridized carbons (Fsp3) is 0.167. The van der Waals surface area contributed by atoms with E-state index in [4.69, 9.17) is 14.5 Å². The molecule has 0 aliphatic heterocycles. The van der Waals surface area contributed by atoms with E-state index in [1.165, 1.54) is 0 Å². The lowest BCUT2D eigenvalue weighted by molar-refractivity contribution is 0.426. The highest BCUT2D eigenvalue weighted by Gasteiger charge is 2.14. The van der Waals surface area contributed by atoms with Gasteiger partial charge in [-0.3, -0.25) is 0 Å². The van der Waals surface area contributed by atoms with Crippen LogP contribution in [0.2, 0.25) is 0 Å². The van der Waals surface area contributed by atoms with Crippen molar-refractivity contribution in [3.05, 3.63) is 35.6 Å². The van der Waals surface area contributed by atoms with E-state index in [2.05, 4.69) is 0 Å². The van der Waals surface area contributed by atoms with E-state index in [0.29, 0.717) is 5.46 Å². The SMILES string of the molecule is C/C=C\c1oc2ccc(B(O)O)cc2c1C. The summed E-state index contributed by atoms with van der Waals surface area (Å²) in [5.41, 5.74) is 2.24. The number of benzene rings is 1. The largest absolute Gasteiger partial charge is 0.488 e. The Bertz CT molecular complexity index is 540. The summed E-state index contributed by atoms with van der Waals surface area (Å²) in [5, 5.41) is 19.1. The predicted octanol–water partition coefficient (Wildman–Crippen LogP) is 1.45. The molecule has 0 fully saturated rings. The summed E-state index contributed by atoms with van der Waals surface area (Å²) in [6.07, 6.45) is 3.80. The zero-order chi connectivity index (χ0) is 11.7. The van der Waals surface area contributed by atoms with Crippen LogP contribution in [0.15, 0.2) is 28.7 Å². The highest BCUT2D eigenvalue weighted by Crippen LogP contribution is 2.25. The maximum Gasteiger partial charge on any atom is 0.488 e. The minimum atomic E-state index is -1.44. The van der Waals surface area contributed by atoms with Gasteiger partial charge in [-0.2, -0.15) is 0 Å². The van der Waals surface area contributed by atoms with Gasteiger partial charge in [-0.05, 0) is 31.5 Å². The maximum atomic E-state index is 9.10. The second kappa shape index (κ2) is 4.16. The highest BCUT2D eigenvalue weighted by molar-refractivity contribution is 6.58. The van der Waals surface area contributed by atoms with Crippen LogP contribution < -0.4 is 5.46 Å². The van der Waals surface area contributed by atoms with Gasteiger partial charge in [0.25, 0.3) is 0 Å². The Morgan fingerprint density at radius 1 is 1.31 bits per heavy atom. The van der Waals surface area contributed by atoms with Crippen LogP contribution in [-0.4, -0.2) is 17.2 Å². The monoisotopic (exact) mass is 216 g/mol. The molecule has 0 atom stereocenters. The molecule has 0 saturated heterocycles. The molecule has 1 aromatic carbocycles. The van der Waals surface area contributed by atoms with E-state index in [9.17, 15) is 0 Å². The van der Waals surface area contributed by atoms with Crippen molar-refractivity contribution in [1.82, 2.24) is 0 Å². The summed E-state index contributed by atoms with van der Waals surface area (Å²) in [6.45, 7) is 3.88. The molecule has 2 N–H and O–H groups in total. The van der Waals surface area contributed by atoms with Crippen molar-refractivity contribution < 1.29 is 14.5 Å². The number of rotatable bonds is 2. The fourth-order valence-electron chi connectivity index (χ4n) is 1.73. The lowest BCUT2D eigenvalue weighted by Crippen LogP contribution is -2.29. The van der Waals surface area contributed by atoms with E-state index in [1.54, 1.807) is 18.2 Å². The number of hydrogen-bond donors (Lipinski definition) is 2. The first kappa shape index (κ1) is 11.0. The molecule has 3 nitrogen and oxygen atoms in total. The molecule has 82 valence electrons. The van der Waals surface area contributed by atoms with Gasteiger partial charge in [-0.25, -0.2) is 0 Å². The summed E-state index contributed by atoms with van der Waals surface area (Å²) < 4.78 is 5.62. The van der Waals surface area contributed by atoms with Gasteiger partial charge in [0.1, 0.15) is 11.3 Å². The number of aryl methyl sites for hydroxylation is 1. The lowest BCUT2D eigenvalue weighted by atomic mass is 9.80. The van der Waals surface area contributed by atoms with Crippen LogP contribution >= 0.6 is 0 Å². The number of furan rings is 1. The zero-order valence-electron chi connectivity index (χ0n) is 9.27. The van der Waals surface area contributed by atoms with Crippen molar-refractivity contribution in [3.63, 3.8) is 0 Å². The smallest absolute Gasteiger partial charge is 0.456 e. The number of fused-ring (bicyclic) bond motifs is 1. The van der Waals surface area contributed by atoms with Gasteiger partial charge in [-0.1, -0.05) is 18.2 Å². The first-order chi connectivity index (χ1) is 7.63. The Hall–Kier alpha value is -1.52. The van der Waals surface area contributed by atoms with Crippen LogP contribution in [0.5, 0.6) is 0 Å². The summed E-state index contributed by atoms with van der Waals surface area (Å²) in [4.78, 5) is 0. The minimum Gasteiger partial charge on any atom is -0.456 e. The van der Waals surface area contributed by atoms with Crippen molar-refractivity contribution in [3.8, 4) is 0 Å². The van der Waals surface area contributed by atoms with Crippen LogP contribution in [0, 0.1) is 6.92 Å². The van der Waals surface area contributed by atoms with Crippen LogP contribution in [0.1, 0.15) is 18.2 Å². The Morgan fingerprint density at radius 3 is 2.69 bits per heavy atom. The second-order valence-corrected chi connectivity index (χ2v) is 3.72. The van der Waals surface area contributed by atoms with Crippen molar-refractivity contribution in [1.29, 1.82) is 0 Å². The molecule has 0 radical (unpaired) electrons. The van der Waals surface area contributed by atoms with Gasteiger partial charge >= 0.3 is 7.12 Å². The third-order valence-corrected chi connectivity index (χ3v) is 2.61. The van der Waals surface area contributed by atoms with Crippen LogP contribution in [-0.2, 0) is 0 Å². The number of allylic oxidation sites excluding steroid dienone is 1. The third kappa shape index (κ3) is 1.77. The van der Waals surface area contributed by atoms with Gasteiger partial charge in [0.15, 0.2) is 0 Å². The molecule has 0 unspecified atom stereocenters. The highest BCUT2D eigenvalue weighted by atomic mass is 16.4. The molecule has 2 rings (SSSR count). The van der Waals surface area contributed by atoms with Crippen molar-refractivity contribution in [2.45, 2.75) is 13.8 Å². The Labute approximate surface area is 94.2 Å². The van der Waals surface area contributed by atoms with Crippen molar-refractivity contribution in [2.24, 2.45) is 0 Å². The Kier molecular flexibility index (Phi) is 2.85. The van der Waals surface area contributed by atoms with E-state index >= 15 is 0 Å². The fourth-order valence-corrected chi connectivity index (χ4v) is 1.73. The first-order valence-electron chi connectivity index (χ1n) is 5.15. The minimum absolute atomic E-state index is 0.475. The van der Waals surface area contributed by atoms with Crippen molar-refractivity contribution in [2.75, 3.05) is 0 Å². The van der Waals surface area contributed by atoms with E-state index in [-0.39, 0.29) is 0 Å². The summed E-state index contributed by atoms with van der Waals surface area (Å²) >= 11 is 0. The summed E-state index contributed by atoms with van der Waals surface area (Å²) in [7, 11) is -1.44. The second-order valence-electron chi connectivity index (χ2n) is 3.72. The molecular weight excluding hydrogens is 203 g/mol. The lowest BCUT2D eigenvalue weighted by Gasteiger charge is -1.98. The average Bonchev–Trinajstić information content (AvgIpc) is 2.56. The van der Waals surface area contributed by atoms with Crippen LogP contribution in [0.4, 0.5) is 0 Å². The molecule has 0 aliphatic carbocycles. The van der Waals surface area contributed by atoms with E-state index < -0.39 is 7.12 Å². The third-order valence-electron chi connectivity index (χ3n) is 2.61. The summed E-state index contributed by atoms with van der Waals surface area (Å²) in [5.74, 6) is 0.807. The molecule has 0 spiro atoms. The van der Waals surface area contributed by atoms with E-state index in [0.717, 1.165) is 22.3 Å². The molecule has 2 aromatic rings. The van der Waals surface area contributed by atoms with Gasteiger partial charge in [-0.15, -0.1) is 0 Å². The normalized spacial score (nSPS) is 11.5. The van der Waals surface area contributed by atoms with Crippen LogP contribution in [0.25, 0.3) is 17.0 Å². The quantitative estimate of drug-likeness (QED) is 0.747.